The van der Waals surface area contributed by atoms with Gasteiger partial charge in [0.15, 0.2) is 0 Å². The highest BCUT2D eigenvalue weighted by Gasteiger charge is 2.31. The molecule has 1 saturated heterocycles. The quantitative estimate of drug-likeness (QED) is 0.908. The van der Waals surface area contributed by atoms with Crippen molar-refractivity contribution < 1.29 is 4.42 Å². The molecule has 0 aromatic carbocycles. The first kappa shape index (κ1) is 14.6. The van der Waals surface area contributed by atoms with E-state index in [0.717, 1.165) is 31.2 Å². The van der Waals surface area contributed by atoms with Crippen LogP contribution in [0.3, 0.4) is 0 Å². The topological polar surface area (TPSA) is 45.6 Å². The van der Waals surface area contributed by atoms with Gasteiger partial charge in [0, 0.05) is 25.2 Å². The molecule has 2 N–H and O–H groups in total. The molecule has 0 aliphatic carbocycles. The van der Waals surface area contributed by atoms with Gasteiger partial charge in [-0.15, -0.1) is 0 Å². The van der Waals surface area contributed by atoms with Crippen LogP contribution >= 0.6 is 0 Å². The number of nitrogens with two attached hydrogens (primary N) is 1. The molecule has 108 valence electrons. The number of likely N-dealkylation sites (N-methyl/N-ethyl adjacent to an activating group) is 1. The van der Waals surface area contributed by atoms with Gasteiger partial charge >= 0.3 is 0 Å². The van der Waals surface area contributed by atoms with E-state index in [4.69, 9.17) is 10.2 Å². The highest BCUT2D eigenvalue weighted by atomic mass is 16.3. The lowest BCUT2D eigenvalue weighted by Crippen LogP contribution is -2.46. The van der Waals surface area contributed by atoms with Crippen molar-refractivity contribution in [1.29, 1.82) is 0 Å². The molecule has 4 heteroatoms. The summed E-state index contributed by atoms with van der Waals surface area (Å²) in [5, 5.41) is 0. The first-order valence-electron chi connectivity index (χ1n) is 7.25. The molecule has 0 bridgehead atoms. The third-order valence-corrected chi connectivity index (χ3v) is 4.01. The van der Waals surface area contributed by atoms with Gasteiger partial charge in [0.1, 0.15) is 11.5 Å². The molecule has 0 radical (unpaired) electrons. The molecular weight excluding hydrogens is 238 g/mol. The fourth-order valence-electron chi connectivity index (χ4n) is 3.14. The van der Waals surface area contributed by atoms with Crippen LogP contribution in [0.1, 0.15) is 37.8 Å². The fourth-order valence-corrected chi connectivity index (χ4v) is 3.14. The van der Waals surface area contributed by atoms with E-state index >= 15 is 0 Å². The predicted molar refractivity (Wildman–Crippen MR) is 78.1 cm³/mol. The van der Waals surface area contributed by atoms with Gasteiger partial charge in [0.05, 0.1) is 6.04 Å². The lowest BCUT2D eigenvalue weighted by Gasteiger charge is -2.36. The molecule has 2 heterocycles. The molecule has 1 aromatic heterocycles. The standard InChI is InChI=1S/C15H27N3O/c1-11-10-17(4)8-5-9-18(11)15(13(3)16)14-7-6-12(2)19-14/h6-7,11,13,15H,5,8-10,16H2,1-4H3. The summed E-state index contributed by atoms with van der Waals surface area (Å²) in [5.41, 5.74) is 6.24. The molecule has 0 spiro atoms. The van der Waals surface area contributed by atoms with E-state index in [-0.39, 0.29) is 12.1 Å². The normalized spacial score (nSPS) is 26.1. The fraction of sp³-hybridized carbons (Fsp3) is 0.733. The average molecular weight is 265 g/mol. The zero-order valence-corrected chi connectivity index (χ0v) is 12.6. The lowest BCUT2D eigenvalue weighted by molar-refractivity contribution is 0.110. The van der Waals surface area contributed by atoms with E-state index in [9.17, 15) is 0 Å². The maximum atomic E-state index is 6.24. The zero-order chi connectivity index (χ0) is 14.0. The highest BCUT2D eigenvalue weighted by molar-refractivity contribution is 5.12. The maximum absolute atomic E-state index is 6.24. The Hall–Kier alpha value is -0.840. The van der Waals surface area contributed by atoms with Gasteiger partial charge in [-0.05, 0) is 52.9 Å². The third-order valence-electron chi connectivity index (χ3n) is 4.01. The Morgan fingerprint density at radius 1 is 1.37 bits per heavy atom. The van der Waals surface area contributed by atoms with Crippen LogP contribution in [-0.2, 0) is 0 Å². The Kier molecular flexibility index (Phi) is 4.66. The van der Waals surface area contributed by atoms with Crippen molar-refractivity contribution >= 4 is 0 Å². The average Bonchev–Trinajstić information content (AvgIpc) is 2.66. The largest absolute Gasteiger partial charge is 0.465 e. The summed E-state index contributed by atoms with van der Waals surface area (Å²) in [7, 11) is 2.19. The molecule has 1 aliphatic rings. The maximum Gasteiger partial charge on any atom is 0.122 e. The number of furan rings is 1. The van der Waals surface area contributed by atoms with Crippen LogP contribution in [0, 0.1) is 6.92 Å². The first-order valence-corrected chi connectivity index (χ1v) is 7.25. The molecule has 19 heavy (non-hydrogen) atoms. The van der Waals surface area contributed by atoms with Gasteiger partial charge in [-0.1, -0.05) is 0 Å². The summed E-state index contributed by atoms with van der Waals surface area (Å²) in [5.74, 6) is 1.96. The number of rotatable bonds is 3. The van der Waals surface area contributed by atoms with Crippen molar-refractivity contribution in [3.63, 3.8) is 0 Å². The van der Waals surface area contributed by atoms with E-state index in [0.29, 0.717) is 6.04 Å². The Morgan fingerprint density at radius 2 is 2.11 bits per heavy atom. The zero-order valence-electron chi connectivity index (χ0n) is 12.6. The minimum atomic E-state index is 0.0661. The SMILES string of the molecule is Cc1ccc(C(C(C)N)N2CCCN(C)CC2C)o1. The molecule has 0 saturated carbocycles. The molecule has 1 aliphatic heterocycles. The minimum Gasteiger partial charge on any atom is -0.465 e. The molecule has 4 nitrogen and oxygen atoms in total. The van der Waals surface area contributed by atoms with Crippen LogP contribution in [0.4, 0.5) is 0 Å². The molecule has 1 aromatic rings. The minimum absolute atomic E-state index is 0.0661. The third kappa shape index (κ3) is 3.38. The number of hydrogen-bond donors (Lipinski definition) is 1. The van der Waals surface area contributed by atoms with Crippen molar-refractivity contribution in [3.05, 3.63) is 23.7 Å². The van der Waals surface area contributed by atoms with Crippen LogP contribution in [-0.4, -0.2) is 48.6 Å². The van der Waals surface area contributed by atoms with Crippen molar-refractivity contribution in [3.8, 4) is 0 Å². The predicted octanol–water partition coefficient (Wildman–Crippen LogP) is 2.00. The monoisotopic (exact) mass is 265 g/mol. The van der Waals surface area contributed by atoms with Crippen molar-refractivity contribution in [2.45, 2.75) is 45.3 Å². The van der Waals surface area contributed by atoms with Gasteiger partial charge in [-0.25, -0.2) is 0 Å². The first-order chi connectivity index (χ1) is 8.99. The summed E-state index contributed by atoms with van der Waals surface area (Å²) in [6.07, 6.45) is 1.18. The Bertz CT molecular complexity index is 402. The van der Waals surface area contributed by atoms with Crippen LogP contribution in [0.15, 0.2) is 16.5 Å². The van der Waals surface area contributed by atoms with Crippen LogP contribution in [0.25, 0.3) is 0 Å². The second-order valence-electron chi connectivity index (χ2n) is 5.96. The molecule has 3 unspecified atom stereocenters. The van der Waals surface area contributed by atoms with Crippen LogP contribution in [0.5, 0.6) is 0 Å². The molecule has 1 fully saturated rings. The lowest BCUT2D eigenvalue weighted by atomic mass is 10.0. The molecule has 0 amide bonds. The van der Waals surface area contributed by atoms with Gasteiger partial charge in [0.2, 0.25) is 0 Å². The van der Waals surface area contributed by atoms with Gasteiger partial charge < -0.3 is 15.1 Å². The van der Waals surface area contributed by atoms with E-state index < -0.39 is 0 Å². The highest BCUT2D eigenvalue weighted by Crippen LogP contribution is 2.28. The number of nitrogens with zero attached hydrogens (tertiary/aromatic N) is 2. The van der Waals surface area contributed by atoms with Gasteiger partial charge in [0.25, 0.3) is 0 Å². The van der Waals surface area contributed by atoms with Crippen LogP contribution < -0.4 is 5.73 Å². The van der Waals surface area contributed by atoms with Gasteiger partial charge in [-0.2, -0.15) is 0 Å². The number of hydrogen-bond acceptors (Lipinski definition) is 4. The smallest absolute Gasteiger partial charge is 0.122 e. The summed E-state index contributed by atoms with van der Waals surface area (Å²) >= 11 is 0. The van der Waals surface area contributed by atoms with Crippen molar-refractivity contribution in [2.24, 2.45) is 5.73 Å². The summed E-state index contributed by atoms with van der Waals surface area (Å²) in [6, 6.07) is 4.84. The summed E-state index contributed by atoms with van der Waals surface area (Å²) < 4.78 is 5.84. The molecule has 2 rings (SSSR count). The van der Waals surface area contributed by atoms with Crippen LogP contribution in [0.2, 0.25) is 0 Å². The number of aryl methyl sites for hydroxylation is 1. The Morgan fingerprint density at radius 3 is 2.68 bits per heavy atom. The van der Waals surface area contributed by atoms with E-state index in [1.54, 1.807) is 0 Å². The molecule has 3 atom stereocenters. The Balaban J connectivity index is 2.23. The van der Waals surface area contributed by atoms with Gasteiger partial charge in [-0.3, -0.25) is 4.90 Å². The van der Waals surface area contributed by atoms with E-state index in [2.05, 4.69) is 36.8 Å². The van der Waals surface area contributed by atoms with E-state index in [1.165, 1.54) is 6.42 Å². The summed E-state index contributed by atoms with van der Waals surface area (Å²) in [4.78, 5) is 4.91. The van der Waals surface area contributed by atoms with Crippen molar-refractivity contribution in [2.75, 3.05) is 26.7 Å². The molecular formula is C15H27N3O. The van der Waals surface area contributed by atoms with Crippen molar-refractivity contribution in [1.82, 2.24) is 9.80 Å². The second-order valence-corrected chi connectivity index (χ2v) is 5.96. The second kappa shape index (κ2) is 6.07. The van der Waals surface area contributed by atoms with E-state index in [1.807, 2.05) is 13.0 Å². The Labute approximate surface area is 116 Å². The summed E-state index contributed by atoms with van der Waals surface area (Å²) in [6.45, 7) is 9.67.